The van der Waals surface area contributed by atoms with Gasteiger partial charge in [-0.3, -0.25) is 4.79 Å². The van der Waals surface area contributed by atoms with Crippen LogP contribution in [0.25, 0.3) is 0 Å². The van der Waals surface area contributed by atoms with Crippen molar-refractivity contribution in [2.75, 3.05) is 0 Å². The van der Waals surface area contributed by atoms with E-state index < -0.39 is 0 Å². The summed E-state index contributed by atoms with van der Waals surface area (Å²) < 4.78 is 5.85. The van der Waals surface area contributed by atoms with Crippen molar-refractivity contribution in [2.24, 2.45) is 35.5 Å². The normalized spacial score (nSPS) is 28.8. The van der Waals surface area contributed by atoms with Gasteiger partial charge >= 0.3 is 5.97 Å². The summed E-state index contributed by atoms with van der Waals surface area (Å²) >= 11 is 0. The van der Waals surface area contributed by atoms with Gasteiger partial charge in [0, 0.05) is 0 Å². The molecule has 0 bridgehead atoms. The number of hydrogen-bond donors (Lipinski definition) is 0. The Bertz CT molecular complexity index is 820. The molecule has 0 aliphatic heterocycles. The lowest BCUT2D eigenvalue weighted by Gasteiger charge is -2.31. The first-order valence-corrected chi connectivity index (χ1v) is 18.4. The molecule has 2 nitrogen and oxygen atoms in total. The summed E-state index contributed by atoms with van der Waals surface area (Å²) in [6.45, 7) is 4.62. The van der Waals surface area contributed by atoms with Crippen molar-refractivity contribution >= 4 is 5.97 Å². The van der Waals surface area contributed by atoms with Crippen molar-refractivity contribution in [1.82, 2.24) is 0 Å². The van der Waals surface area contributed by atoms with E-state index in [9.17, 15) is 4.79 Å². The van der Waals surface area contributed by atoms with E-state index in [1.165, 1.54) is 140 Å². The Morgan fingerprint density at radius 2 is 0.976 bits per heavy atom. The number of unbranched alkanes of at least 4 members (excludes halogenated alkanes) is 4. The topological polar surface area (TPSA) is 26.3 Å². The van der Waals surface area contributed by atoms with Crippen molar-refractivity contribution in [3.05, 3.63) is 29.8 Å². The Hall–Kier alpha value is -1.31. The quantitative estimate of drug-likeness (QED) is 0.113. The van der Waals surface area contributed by atoms with E-state index in [1.807, 2.05) is 12.1 Å². The highest BCUT2D eigenvalue weighted by atomic mass is 16.5. The van der Waals surface area contributed by atoms with Crippen LogP contribution in [0.15, 0.2) is 24.3 Å². The smallest absolute Gasteiger partial charge is 0.314 e. The zero-order valence-electron chi connectivity index (χ0n) is 27.1. The molecule has 0 N–H and O–H groups in total. The predicted molar refractivity (Wildman–Crippen MR) is 174 cm³/mol. The second kappa shape index (κ2) is 18.4. The number of ether oxygens (including phenoxy) is 1. The number of rotatable bonds is 16. The maximum absolute atomic E-state index is 12.9. The lowest BCUT2D eigenvalue weighted by atomic mass is 9.75. The van der Waals surface area contributed by atoms with Gasteiger partial charge < -0.3 is 4.74 Å². The highest BCUT2D eigenvalue weighted by molar-refractivity contribution is 5.75. The maximum Gasteiger partial charge on any atom is 0.314 e. The second-order valence-corrected chi connectivity index (χ2v) is 14.7. The third kappa shape index (κ3) is 11.7. The van der Waals surface area contributed by atoms with E-state index in [2.05, 4.69) is 26.0 Å². The molecule has 232 valence electrons. The molecule has 1 aromatic carbocycles. The maximum atomic E-state index is 12.9. The van der Waals surface area contributed by atoms with Crippen molar-refractivity contribution in [2.45, 2.75) is 168 Å². The molecule has 0 atom stereocenters. The molecule has 0 aromatic heterocycles. The third-order valence-corrected chi connectivity index (χ3v) is 11.5. The molecule has 4 rings (SSSR count). The lowest BCUT2D eigenvalue weighted by molar-refractivity contribution is -0.140. The average Bonchev–Trinajstić information content (AvgIpc) is 3.01. The monoisotopic (exact) mass is 564 g/mol. The summed E-state index contributed by atoms with van der Waals surface area (Å²) in [6.07, 6.45) is 32.7. The molecule has 1 aromatic rings. The van der Waals surface area contributed by atoms with Crippen LogP contribution >= 0.6 is 0 Å². The minimum absolute atomic E-state index is 0.00768. The van der Waals surface area contributed by atoms with Gasteiger partial charge in [-0.25, -0.2) is 0 Å². The molecule has 41 heavy (non-hydrogen) atoms. The van der Waals surface area contributed by atoms with Crippen LogP contribution in [-0.2, 0) is 11.2 Å². The predicted octanol–water partition coefficient (Wildman–Crippen LogP) is 11.9. The average molecular weight is 565 g/mol. The first-order chi connectivity index (χ1) is 20.1. The van der Waals surface area contributed by atoms with Crippen LogP contribution in [0.1, 0.15) is 167 Å². The molecular formula is C39H64O2. The van der Waals surface area contributed by atoms with Crippen LogP contribution in [0.3, 0.4) is 0 Å². The second-order valence-electron chi connectivity index (χ2n) is 14.7. The first-order valence-electron chi connectivity index (χ1n) is 18.4. The molecule has 3 aliphatic rings. The Balaban J connectivity index is 1.06. The van der Waals surface area contributed by atoms with Gasteiger partial charge in [0.25, 0.3) is 0 Å². The van der Waals surface area contributed by atoms with Gasteiger partial charge in [-0.15, -0.1) is 0 Å². The minimum Gasteiger partial charge on any atom is -0.426 e. The van der Waals surface area contributed by atoms with E-state index in [4.69, 9.17) is 4.74 Å². The highest BCUT2D eigenvalue weighted by Crippen LogP contribution is 2.38. The van der Waals surface area contributed by atoms with E-state index in [0.29, 0.717) is 0 Å². The van der Waals surface area contributed by atoms with Crippen LogP contribution in [0.4, 0.5) is 0 Å². The van der Waals surface area contributed by atoms with E-state index in [1.54, 1.807) is 0 Å². The SMILES string of the molecule is CCCCC[C@H]1CC[C@H](CCc2ccc(OC(=O)[C@H]3CC[C@H](CC[C@H]4CC[C@H](CCCCC)CC4)CC3)cc2)CC1. The Morgan fingerprint density at radius 3 is 1.44 bits per heavy atom. The van der Waals surface area contributed by atoms with Crippen LogP contribution in [0.2, 0.25) is 0 Å². The summed E-state index contributed by atoms with van der Waals surface area (Å²) in [4.78, 5) is 12.9. The largest absolute Gasteiger partial charge is 0.426 e. The number of carbonyl (C=O) groups is 1. The minimum atomic E-state index is 0.00768. The molecule has 0 heterocycles. The standard InChI is InChI=1S/C39H64O2/c1-3-5-7-9-31-11-15-33(16-12-31)19-21-35-23-27-37(28-24-35)39(40)41-38-29-25-36(26-30-38)22-20-34-17-13-32(14-18-34)10-8-6-4-2/h25-26,29-35,37H,3-24,27-28H2,1-2H3/t31-,32-,33-,34-,35-,37-. The summed E-state index contributed by atoms with van der Waals surface area (Å²) in [7, 11) is 0. The molecule has 0 unspecified atom stereocenters. The Kier molecular flexibility index (Phi) is 14.6. The molecular weight excluding hydrogens is 500 g/mol. The van der Waals surface area contributed by atoms with Crippen LogP contribution in [0.5, 0.6) is 5.75 Å². The van der Waals surface area contributed by atoms with Crippen molar-refractivity contribution in [3.8, 4) is 5.75 Å². The summed E-state index contributed by atoms with van der Waals surface area (Å²) in [6, 6.07) is 8.44. The molecule has 0 spiro atoms. The summed E-state index contributed by atoms with van der Waals surface area (Å²) in [5, 5.41) is 0. The van der Waals surface area contributed by atoms with Gasteiger partial charge in [-0.05, 0) is 85.8 Å². The fraction of sp³-hybridized carbons (Fsp3) is 0.821. The van der Waals surface area contributed by atoms with Gasteiger partial charge in [0.1, 0.15) is 5.75 Å². The lowest BCUT2D eigenvalue weighted by Crippen LogP contribution is -2.26. The fourth-order valence-electron chi connectivity index (χ4n) is 8.44. The fourth-order valence-corrected chi connectivity index (χ4v) is 8.44. The van der Waals surface area contributed by atoms with Gasteiger partial charge in [0.2, 0.25) is 0 Å². The molecule has 3 aliphatic carbocycles. The first kappa shape index (κ1) is 32.6. The number of carbonyl (C=O) groups excluding carboxylic acids is 1. The number of benzene rings is 1. The Morgan fingerprint density at radius 1 is 0.561 bits per heavy atom. The zero-order chi connectivity index (χ0) is 28.7. The Labute approximate surface area is 254 Å². The van der Waals surface area contributed by atoms with Gasteiger partial charge in [0.05, 0.1) is 5.92 Å². The van der Waals surface area contributed by atoms with Crippen molar-refractivity contribution in [1.29, 1.82) is 0 Å². The third-order valence-electron chi connectivity index (χ3n) is 11.5. The van der Waals surface area contributed by atoms with Crippen LogP contribution in [0, 0.1) is 35.5 Å². The molecule has 0 radical (unpaired) electrons. The van der Waals surface area contributed by atoms with Gasteiger partial charge in [-0.1, -0.05) is 142 Å². The summed E-state index contributed by atoms with van der Waals surface area (Å²) in [5.74, 6) is 5.56. The summed E-state index contributed by atoms with van der Waals surface area (Å²) in [5.41, 5.74) is 1.39. The number of esters is 1. The van der Waals surface area contributed by atoms with E-state index >= 15 is 0 Å². The molecule has 0 amide bonds. The van der Waals surface area contributed by atoms with Gasteiger partial charge in [-0.2, -0.15) is 0 Å². The highest BCUT2D eigenvalue weighted by Gasteiger charge is 2.29. The number of hydrogen-bond acceptors (Lipinski definition) is 2. The van der Waals surface area contributed by atoms with Crippen LogP contribution in [-0.4, -0.2) is 5.97 Å². The number of aryl methyl sites for hydroxylation is 1. The van der Waals surface area contributed by atoms with Crippen molar-refractivity contribution < 1.29 is 9.53 Å². The van der Waals surface area contributed by atoms with Crippen molar-refractivity contribution in [3.63, 3.8) is 0 Å². The molecule has 2 heteroatoms. The van der Waals surface area contributed by atoms with E-state index in [-0.39, 0.29) is 11.9 Å². The van der Waals surface area contributed by atoms with Gasteiger partial charge in [0.15, 0.2) is 0 Å². The van der Waals surface area contributed by atoms with Crippen LogP contribution < -0.4 is 4.74 Å². The zero-order valence-corrected chi connectivity index (χ0v) is 27.1. The molecule has 3 saturated carbocycles. The van der Waals surface area contributed by atoms with E-state index in [0.717, 1.165) is 54.6 Å². The molecule has 3 fully saturated rings. The molecule has 0 saturated heterocycles.